The molecule has 0 radical (unpaired) electrons. The molecule has 2 aliphatic rings. The van der Waals surface area contributed by atoms with Crippen molar-refractivity contribution in [3.05, 3.63) is 35.9 Å². The van der Waals surface area contributed by atoms with Crippen LogP contribution < -0.4 is 5.32 Å². The number of rotatable bonds is 7. The molecular formula is C22H28N2O7. The molecule has 1 aromatic rings. The number of likely N-dealkylation sites (tertiary alicyclic amines) is 1. The molecular weight excluding hydrogens is 404 g/mol. The van der Waals surface area contributed by atoms with E-state index in [2.05, 4.69) is 5.32 Å². The molecule has 1 N–H and O–H groups in total. The van der Waals surface area contributed by atoms with Gasteiger partial charge in [0, 0.05) is 12.8 Å². The number of fused-ring (bicyclic) bond motifs is 2. The molecule has 0 unspecified atom stereocenters. The number of ether oxygens (including phenoxy) is 3. The van der Waals surface area contributed by atoms with E-state index in [4.69, 9.17) is 14.2 Å². The summed E-state index contributed by atoms with van der Waals surface area (Å²) in [4.78, 5) is 50.7. The van der Waals surface area contributed by atoms with Gasteiger partial charge in [0.25, 0.3) is 0 Å². The van der Waals surface area contributed by atoms with Crippen LogP contribution in [-0.4, -0.2) is 59.2 Å². The SMILES string of the molecule is CC(C)(C)OC(=O)N[C@@H](CCC(=O)N1C[C@H]2C[C@@H]1C(=O)O2)C(=O)OCc1ccccc1. The van der Waals surface area contributed by atoms with Crippen LogP contribution in [0.3, 0.4) is 0 Å². The summed E-state index contributed by atoms with van der Waals surface area (Å²) in [6.45, 7) is 5.53. The van der Waals surface area contributed by atoms with Crippen LogP contribution in [0.25, 0.3) is 0 Å². The van der Waals surface area contributed by atoms with E-state index < -0.39 is 35.7 Å². The van der Waals surface area contributed by atoms with Crippen molar-refractivity contribution in [3.8, 4) is 0 Å². The second-order valence-electron chi connectivity index (χ2n) is 8.69. The van der Waals surface area contributed by atoms with Crippen LogP contribution in [0.1, 0.15) is 45.6 Å². The van der Waals surface area contributed by atoms with Crippen molar-refractivity contribution < 1.29 is 33.4 Å². The summed E-state index contributed by atoms with van der Waals surface area (Å²) >= 11 is 0. The van der Waals surface area contributed by atoms with E-state index in [1.807, 2.05) is 30.3 Å². The zero-order valence-electron chi connectivity index (χ0n) is 18.0. The first kappa shape index (κ1) is 22.6. The number of hydrogen-bond acceptors (Lipinski definition) is 7. The summed E-state index contributed by atoms with van der Waals surface area (Å²) in [5, 5.41) is 2.50. The summed E-state index contributed by atoms with van der Waals surface area (Å²) in [6.07, 6.45) is -0.534. The fourth-order valence-electron chi connectivity index (χ4n) is 3.56. The molecule has 3 atom stereocenters. The average Bonchev–Trinajstić information content (AvgIpc) is 3.28. The Morgan fingerprint density at radius 1 is 1.23 bits per heavy atom. The summed E-state index contributed by atoms with van der Waals surface area (Å²) in [6, 6.07) is 7.52. The third kappa shape index (κ3) is 6.19. The smallest absolute Gasteiger partial charge is 0.408 e. The number of nitrogens with zero attached hydrogens (tertiary/aromatic N) is 1. The third-order valence-corrected chi connectivity index (χ3v) is 4.98. The van der Waals surface area contributed by atoms with Crippen molar-refractivity contribution in [2.24, 2.45) is 0 Å². The van der Waals surface area contributed by atoms with Crippen LogP contribution in [0.4, 0.5) is 4.79 Å². The van der Waals surface area contributed by atoms with Gasteiger partial charge in [-0.2, -0.15) is 0 Å². The fraction of sp³-hybridized carbons (Fsp3) is 0.545. The number of benzene rings is 1. The molecule has 2 heterocycles. The topological polar surface area (TPSA) is 111 Å². The highest BCUT2D eigenvalue weighted by Crippen LogP contribution is 2.29. The number of carbonyl (C=O) groups is 4. The van der Waals surface area contributed by atoms with Gasteiger partial charge in [-0.15, -0.1) is 0 Å². The quantitative estimate of drug-likeness (QED) is 0.518. The van der Waals surface area contributed by atoms with E-state index in [0.717, 1.165) is 5.56 Å². The molecule has 0 saturated carbocycles. The van der Waals surface area contributed by atoms with E-state index >= 15 is 0 Å². The highest BCUT2D eigenvalue weighted by molar-refractivity contribution is 5.88. The van der Waals surface area contributed by atoms with Crippen molar-refractivity contribution >= 4 is 23.9 Å². The standard InChI is InChI=1S/C22H28N2O7/c1-22(2,3)31-21(28)23-16(19(26)29-13-14-7-5-4-6-8-14)9-10-18(25)24-12-15-11-17(24)20(27)30-15/h4-8,15-17H,9-13H2,1-3H3,(H,23,28)/t15-,16+,17-/m1/s1. The molecule has 2 bridgehead atoms. The Bertz CT molecular complexity index is 834. The largest absolute Gasteiger partial charge is 0.459 e. The number of alkyl carbamates (subject to hydrolysis) is 1. The monoisotopic (exact) mass is 432 g/mol. The van der Waals surface area contributed by atoms with Gasteiger partial charge in [0.15, 0.2) is 0 Å². The molecule has 2 aliphatic heterocycles. The summed E-state index contributed by atoms with van der Waals surface area (Å²) in [5.41, 5.74) is 0.0580. The van der Waals surface area contributed by atoms with Gasteiger partial charge in [0.2, 0.25) is 5.91 Å². The Labute approximate surface area is 181 Å². The Kier molecular flexibility index (Phi) is 6.82. The van der Waals surface area contributed by atoms with Crippen LogP contribution in [0.5, 0.6) is 0 Å². The average molecular weight is 432 g/mol. The first-order chi connectivity index (χ1) is 14.6. The second kappa shape index (κ2) is 9.36. The van der Waals surface area contributed by atoms with Crippen molar-refractivity contribution in [2.45, 2.75) is 70.4 Å². The second-order valence-corrected chi connectivity index (χ2v) is 8.69. The molecule has 0 aliphatic carbocycles. The maximum absolute atomic E-state index is 12.6. The third-order valence-electron chi connectivity index (χ3n) is 4.98. The van der Waals surface area contributed by atoms with Gasteiger partial charge in [0.05, 0.1) is 6.54 Å². The number of hydrogen-bond donors (Lipinski definition) is 1. The van der Waals surface area contributed by atoms with Crippen LogP contribution >= 0.6 is 0 Å². The highest BCUT2D eigenvalue weighted by Gasteiger charge is 2.48. The van der Waals surface area contributed by atoms with Gasteiger partial charge in [-0.1, -0.05) is 30.3 Å². The normalized spacial score (nSPS) is 20.7. The zero-order chi connectivity index (χ0) is 22.6. The van der Waals surface area contributed by atoms with E-state index in [1.165, 1.54) is 4.90 Å². The van der Waals surface area contributed by atoms with Crippen molar-refractivity contribution in [1.82, 2.24) is 10.2 Å². The van der Waals surface area contributed by atoms with Crippen LogP contribution in [0.15, 0.2) is 30.3 Å². The van der Waals surface area contributed by atoms with Crippen LogP contribution in [0, 0.1) is 0 Å². The van der Waals surface area contributed by atoms with Gasteiger partial charge in [-0.3, -0.25) is 4.79 Å². The predicted octanol–water partition coefficient (Wildman–Crippen LogP) is 1.93. The molecule has 0 aromatic heterocycles. The first-order valence-electron chi connectivity index (χ1n) is 10.3. The maximum atomic E-state index is 12.6. The lowest BCUT2D eigenvalue weighted by molar-refractivity contribution is -0.157. The molecule has 9 nitrogen and oxygen atoms in total. The highest BCUT2D eigenvalue weighted by atomic mass is 16.6. The summed E-state index contributed by atoms with van der Waals surface area (Å²) in [7, 11) is 0. The van der Waals surface area contributed by atoms with Crippen molar-refractivity contribution in [2.75, 3.05) is 6.54 Å². The van der Waals surface area contributed by atoms with Gasteiger partial charge in [-0.05, 0) is 32.8 Å². The van der Waals surface area contributed by atoms with E-state index in [1.54, 1.807) is 20.8 Å². The zero-order valence-corrected chi connectivity index (χ0v) is 18.0. The Morgan fingerprint density at radius 2 is 1.94 bits per heavy atom. The Morgan fingerprint density at radius 3 is 2.55 bits per heavy atom. The van der Waals surface area contributed by atoms with Gasteiger partial charge in [-0.25, -0.2) is 14.4 Å². The van der Waals surface area contributed by atoms with Gasteiger partial charge in [0.1, 0.15) is 30.4 Å². The molecule has 0 spiro atoms. The molecule has 2 fully saturated rings. The minimum atomic E-state index is -1.06. The number of esters is 2. The lowest BCUT2D eigenvalue weighted by atomic mass is 10.1. The molecule has 9 heteroatoms. The number of nitrogens with one attached hydrogen (secondary N) is 1. The molecule has 168 valence electrons. The van der Waals surface area contributed by atoms with Crippen molar-refractivity contribution in [3.63, 3.8) is 0 Å². The first-order valence-corrected chi connectivity index (χ1v) is 10.3. The number of morpholine rings is 1. The van der Waals surface area contributed by atoms with E-state index in [9.17, 15) is 19.2 Å². The lowest BCUT2D eigenvalue weighted by Gasteiger charge is -2.27. The molecule has 2 amide bonds. The summed E-state index contributed by atoms with van der Waals surface area (Å²) in [5.74, 6) is -1.32. The Hall–Kier alpha value is -3.10. The van der Waals surface area contributed by atoms with Crippen LogP contribution in [-0.2, 0) is 35.2 Å². The molecule has 2 saturated heterocycles. The number of carbonyl (C=O) groups excluding carboxylic acids is 4. The number of amides is 2. The van der Waals surface area contributed by atoms with E-state index in [0.29, 0.717) is 13.0 Å². The molecule has 1 aromatic carbocycles. The Balaban J connectivity index is 1.59. The van der Waals surface area contributed by atoms with Gasteiger partial charge < -0.3 is 24.4 Å². The molecule has 3 rings (SSSR count). The molecule has 31 heavy (non-hydrogen) atoms. The summed E-state index contributed by atoms with van der Waals surface area (Å²) < 4.78 is 15.7. The minimum absolute atomic E-state index is 0.0225. The van der Waals surface area contributed by atoms with E-state index in [-0.39, 0.29) is 31.5 Å². The lowest BCUT2D eigenvalue weighted by Crippen LogP contribution is -2.47. The van der Waals surface area contributed by atoms with Gasteiger partial charge >= 0.3 is 18.0 Å². The van der Waals surface area contributed by atoms with Crippen molar-refractivity contribution in [1.29, 1.82) is 0 Å². The predicted molar refractivity (Wildman–Crippen MR) is 109 cm³/mol. The van der Waals surface area contributed by atoms with Crippen LogP contribution in [0.2, 0.25) is 0 Å². The minimum Gasteiger partial charge on any atom is -0.459 e. The fourth-order valence-corrected chi connectivity index (χ4v) is 3.56. The maximum Gasteiger partial charge on any atom is 0.408 e.